The van der Waals surface area contributed by atoms with E-state index in [4.69, 9.17) is 0 Å². The number of aromatic nitrogens is 8. The Hall–Kier alpha value is -3.37. The minimum atomic E-state index is -0.453. The Balaban J connectivity index is 1.82. The van der Waals surface area contributed by atoms with Gasteiger partial charge >= 0.3 is 5.69 Å². The summed E-state index contributed by atoms with van der Waals surface area (Å²) in [4.78, 5) is 19.4. The van der Waals surface area contributed by atoms with Crippen LogP contribution < -0.4 is 0 Å². The van der Waals surface area contributed by atoms with E-state index in [0.29, 0.717) is 22.8 Å². The lowest BCUT2D eigenvalue weighted by molar-refractivity contribution is -0.385. The number of aryl methyl sites for hydroxylation is 2. The Labute approximate surface area is 134 Å². The molecule has 0 saturated heterocycles. The molecule has 24 heavy (non-hydrogen) atoms. The summed E-state index contributed by atoms with van der Waals surface area (Å²) >= 11 is 0. The van der Waals surface area contributed by atoms with Crippen molar-refractivity contribution in [3.8, 4) is 0 Å². The van der Waals surface area contributed by atoms with Crippen molar-refractivity contribution < 1.29 is 4.92 Å². The van der Waals surface area contributed by atoms with Crippen LogP contribution in [0.25, 0.3) is 16.7 Å². The Morgan fingerprint density at radius 2 is 2.08 bits per heavy atom. The standard InChI is InChI=1S/C13H13N9O2/c1-7-10(22(23)24)5-20(17-7)8(2)11-16-13-9-4-15-19(3)12(9)14-6-21(13)18-11/h4-6,8H,1-3H3/t8-/m1/s1. The lowest BCUT2D eigenvalue weighted by atomic mass is 10.3. The molecule has 0 saturated carbocycles. The van der Waals surface area contributed by atoms with Crippen molar-refractivity contribution in [1.82, 2.24) is 39.1 Å². The molecule has 0 aliphatic heterocycles. The van der Waals surface area contributed by atoms with Gasteiger partial charge in [0.15, 0.2) is 17.1 Å². The van der Waals surface area contributed by atoms with E-state index >= 15 is 0 Å². The second-order valence-corrected chi connectivity index (χ2v) is 5.50. The molecule has 4 rings (SSSR count). The quantitative estimate of drug-likeness (QED) is 0.407. The molecule has 0 bridgehead atoms. The minimum Gasteiger partial charge on any atom is -0.258 e. The van der Waals surface area contributed by atoms with Crippen LogP contribution in [0, 0.1) is 17.0 Å². The molecule has 1 atom stereocenters. The molecule has 0 unspecified atom stereocenters. The maximum absolute atomic E-state index is 11.0. The van der Waals surface area contributed by atoms with Gasteiger partial charge in [-0.25, -0.2) is 14.5 Å². The molecule has 11 heteroatoms. The number of fused-ring (bicyclic) bond motifs is 3. The second-order valence-electron chi connectivity index (χ2n) is 5.50. The second kappa shape index (κ2) is 4.81. The summed E-state index contributed by atoms with van der Waals surface area (Å²) in [5, 5.41) is 24.5. The van der Waals surface area contributed by atoms with Crippen LogP contribution in [0.3, 0.4) is 0 Å². The number of nitro groups is 1. The van der Waals surface area contributed by atoms with Gasteiger partial charge in [-0.1, -0.05) is 0 Å². The first-order valence-electron chi connectivity index (χ1n) is 7.19. The Morgan fingerprint density at radius 3 is 2.79 bits per heavy atom. The van der Waals surface area contributed by atoms with Crippen LogP contribution >= 0.6 is 0 Å². The lowest BCUT2D eigenvalue weighted by Crippen LogP contribution is -2.09. The summed E-state index contributed by atoms with van der Waals surface area (Å²) in [6.07, 6.45) is 4.65. The highest BCUT2D eigenvalue weighted by Gasteiger charge is 2.22. The molecular formula is C13H13N9O2. The third kappa shape index (κ3) is 1.94. The number of hydrogen-bond acceptors (Lipinski definition) is 7. The van der Waals surface area contributed by atoms with E-state index in [2.05, 4.69) is 25.3 Å². The molecular weight excluding hydrogens is 314 g/mol. The van der Waals surface area contributed by atoms with Crippen LogP contribution in [0.4, 0.5) is 5.69 Å². The van der Waals surface area contributed by atoms with E-state index in [9.17, 15) is 10.1 Å². The fourth-order valence-corrected chi connectivity index (χ4v) is 2.60. The van der Waals surface area contributed by atoms with Gasteiger partial charge in [0.05, 0.1) is 16.5 Å². The Kier molecular flexibility index (Phi) is 2.85. The minimum absolute atomic E-state index is 0.0260. The van der Waals surface area contributed by atoms with Crippen molar-refractivity contribution in [2.45, 2.75) is 19.9 Å². The van der Waals surface area contributed by atoms with Gasteiger partial charge in [-0.2, -0.15) is 10.2 Å². The number of hydrogen-bond donors (Lipinski definition) is 0. The molecule has 11 nitrogen and oxygen atoms in total. The van der Waals surface area contributed by atoms with Crippen molar-refractivity contribution in [2.75, 3.05) is 0 Å². The van der Waals surface area contributed by atoms with Crippen molar-refractivity contribution in [2.24, 2.45) is 7.05 Å². The van der Waals surface area contributed by atoms with Gasteiger partial charge in [0.25, 0.3) is 0 Å². The lowest BCUT2D eigenvalue weighted by Gasteiger charge is -2.06. The molecule has 4 heterocycles. The van der Waals surface area contributed by atoms with E-state index in [1.807, 2.05) is 6.92 Å². The van der Waals surface area contributed by atoms with Gasteiger partial charge < -0.3 is 0 Å². The zero-order valence-electron chi connectivity index (χ0n) is 13.2. The zero-order valence-corrected chi connectivity index (χ0v) is 13.2. The summed E-state index contributed by atoms with van der Waals surface area (Å²) in [7, 11) is 1.80. The summed E-state index contributed by atoms with van der Waals surface area (Å²) in [5.41, 5.74) is 1.67. The molecule has 0 radical (unpaired) electrons. The molecule has 0 spiro atoms. The largest absolute Gasteiger partial charge is 0.309 e. The SMILES string of the molecule is Cc1nn([C@H](C)c2nc3c4cnn(C)c4ncn3n2)cc1[N+](=O)[O-]. The molecule has 0 aromatic carbocycles. The predicted molar refractivity (Wildman–Crippen MR) is 82.5 cm³/mol. The van der Waals surface area contributed by atoms with Crippen LogP contribution in [-0.4, -0.2) is 44.1 Å². The van der Waals surface area contributed by atoms with Gasteiger partial charge in [0.2, 0.25) is 0 Å². The monoisotopic (exact) mass is 327 g/mol. The van der Waals surface area contributed by atoms with Gasteiger partial charge in [0, 0.05) is 7.05 Å². The van der Waals surface area contributed by atoms with Crippen LogP contribution in [0.1, 0.15) is 24.5 Å². The van der Waals surface area contributed by atoms with Gasteiger partial charge in [-0.3, -0.25) is 19.5 Å². The fraction of sp³-hybridized carbons (Fsp3) is 0.308. The average molecular weight is 327 g/mol. The molecule has 122 valence electrons. The summed E-state index contributed by atoms with van der Waals surface area (Å²) in [5.74, 6) is 0.491. The topological polar surface area (TPSA) is 122 Å². The first kappa shape index (κ1) is 14.2. The van der Waals surface area contributed by atoms with E-state index < -0.39 is 4.92 Å². The molecule has 4 aromatic heterocycles. The maximum atomic E-state index is 11.0. The molecule has 4 aromatic rings. The predicted octanol–water partition coefficient (Wildman–Crippen LogP) is 1.03. The molecule has 0 amide bonds. The van der Waals surface area contributed by atoms with Crippen LogP contribution in [0.2, 0.25) is 0 Å². The van der Waals surface area contributed by atoms with Gasteiger partial charge in [0.1, 0.15) is 24.3 Å². The summed E-state index contributed by atoms with van der Waals surface area (Å²) < 4.78 is 4.73. The van der Waals surface area contributed by atoms with Crippen molar-refractivity contribution >= 4 is 22.4 Å². The zero-order chi connectivity index (χ0) is 17.0. The van der Waals surface area contributed by atoms with Crippen molar-refractivity contribution in [3.05, 3.63) is 40.4 Å². The van der Waals surface area contributed by atoms with Gasteiger partial charge in [-0.15, -0.1) is 5.10 Å². The van der Waals surface area contributed by atoms with Crippen LogP contribution in [0.15, 0.2) is 18.7 Å². The van der Waals surface area contributed by atoms with E-state index in [-0.39, 0.29) is 11.7 Å². The normalized spacial score (nSPS) is 13.0. The van der Waals surface area contributed by atoms with Gasteiger partial charge in [-0.05, 0) is 13.8 Å². The first-order valence-corrected chi connectivity index (χ1v) is 7.19. The van der Waals surface area contributed by atoms with Crippen LogP contribution in [0.5, 0.6) is 0 Å². The number of nitrogens with zero attached hydrogens (tertiary/aromatic N) is 9. The van der Waals surface area contributed by atoms with E-state index in [0.717, 1.165) is 5.39 Å². The van der Waals surface area contributed by atoms with E-state index in [1.165, 1.54) is 10.9 Å². The highest BCUT2D eigenvalue weighted by molar-refractivity contribution is 5.88. The third-order valence-corrected chi connectivity index (χ3v) is 3.94. The van der Waals surface area contributed by atoms with Crippen molar-refractivity contribution in [1.29, 1.82) is 0 Å². The molecule has 0 aliphatic rings. The molecule has 0 aliphatic carbocycles. The first-order chi connectivity index (χ1) is 11.5. The smallest absolute Gasteiger partial charge is 0.258 e. The summed E-state index contributed by atoms with van der Waals surface area (Å²) in [6.45, 7) is 3.43. The maximum Gasteiger partial charge on any atom is 0.309 e. The molecule has 0 fully saturated rings. The Bertz CT molecular complexity index is 1090. The number of rotatable bonds is 3. The summed E-state index contributed by atoms with van der Waals surface area (Å²) in [6, 6.07) is -0.357. The Morgan fingerprint density at radius 1 is 1.29 bits per heavy atom. The molecule has 0 N–H and O–H groups in total. The van der Waals surface area contributed by atoms with E-state index in [1.54, 1.807) is 35.7 Å². The fourth-order valence-electron chi connectivity index (χ4n) is 2.60. The van der Waals surface area contributed by atoms with Crippen LogP contribution in [-0.2, 0) is 7.05 Å². The van der Waals surface area contributed by atoms with Crippen molar-refractivity contribution in [3.63, 3.8) is 0 Å². The average Bonchev–Trinajstić information content (AvgIpc) is 3.22. The highest BCUT2D eigenvalue weighted by Crippen LogP contribution is 2.22. The third-order valence-electron chi connectivity index (χ3n) is 3.94. The highest BCUT2D eigenvalue weighted by atomic mass is 16.6.